The molecule has 0 saturated carbocycles. The van der Waals surface area contributed by atoms with Crippen LogP contribution in [0.2, 0.25) is 5.32 Å². The number of carbonyl (C=O) groups is 1. The molecule has 11 heavy (non-hydrogen) atoms. The minimum absolute atomic E-state index is 0.132. The van der Waals surface area contributed by atoms with Crippen molar-refractivity contribution in [2.24, 2.45) is 0 Å². The molecular formula is C6H6N2O2Se. The average molecular weight is 217 g/mol. The Labute approximate surface area is 69.8 Å². The Morgan fingerprint density at radius 1 is 1.55 bits per heavy atom. The van der Waals surface area contributed by atoms with E-state index < -0.39 is 5.97 Å². The molecular weight excluding hydrogens is 211 g/mol. The second-order valence-corrected chi connectivity index (χ2v) is 3.69. The molecule has 1 N–H and O–H groups in total. The number of hydrogen-bond acceptors (Lipinski definition) is 3. The van der Waals surface area contributed by atoms with E-state index in [9.17, 15) is 4.79 Å². The van der Waals surface area contributed by atoms with E-state index in [-0.39, 0.29) is 20.3 Å². The standard InChI is InChI=1S/C6H6N2O2Se/c9-5(10)4-11-6-7-2-1-3-8-6/h1-3H,4H2,(H,9,10). The van der Waals surface area contributed by atoms with Crippen molar-refractivity contribution in [3.05, 3.63) is 18.5 Å². The molecule has 58 valence electrons. The number of carboxylic acids is 1. The van der Waals surface area contributed by atoms with E-state index in [4.69, 9.17) is 5.11 Å². The van der Waals surface area contributed by atoms with Crippen molar-refractivity contribution < 1.29 is 9.90 Å². The van der Waals surface area contributed by atoms with Crippen LogP contribution in [0.5, 0.6) is 0 Å². The third-order valence-electron chi connectivity index (χ3n) is 0.867. The first-order valence-electron chi connectivity index (χ1n) is 2.90. The number of carboxylic acid groups (broad SMARTS) is 1. The van der Waals surface area contributed by atoms with Gasteiger partial charge in [0.05, 0.1) is 0 Å². The predicted octanol–water partition coefficient (Wildman–Crippen LogP) is -0.691. The molecule has 0 saturated heterocycles. The summed E-state index contributed by atoms with van der Waals surface area (Å²) in [6, 6.07) is 1.71. The van der Waals surface area contributed by atoms with Crippen LogP contribution >= 0.6 is 0 Å². The summed E-state index contributed by atoms with van der Waals surface area (Å²) in [7, 11) is 0. The van der Waals surface area contributed by atoms with Crippen LogP contribution in [0.3, 0.4) is 0 Å². The average Bonchev–Trinajstić information content (AvgIpc) is 2.03. The van der Waals surface area contributed by atoms with Crippen LogP contribution in [0.4, 0.5) is 0 Å². The van der Waals surface area contributed by atoms with Crippen LogP contribution < -0.4 is 4.72 Å². The van der Waals surface area contributed by atoms with Crippen LogP contribution in [0.15, 0.2) is 18.5 Å². The van der Waals surface area contributed by atoms with Gasteiger partial charge in [-0.2, -0.15) is 0 Å². The van der Waals surface area contributed by atoms with Crippen molar-refractivity contribution in [3.63, 3.8) is 0 Å². The summed E-state index contributed by atoms with van der Waals surface area (Å²) in [5, 5.41) is 8.48. The molecule has 5 heteroatoms. The molecule has 0 spiro atoms. The SMILES string of the molecule is O=C(O)C[Se]c1ncccn1. The van der Waals surface area contributed by atoms with Gasteiger partial charge in [0.1, 0.15) is 0 Å². The van der Waals surface area contributed by atoms with E-state index in [1.54, 1.807) is 18.5 Å². The minimum atomic E-state index is -0.794. The summed E-state index contributed by atoms with van der Waals surface area (Å²) in [5.74, 6) is -0.794. The first-order chi connectivity index (χ1) is 5.29. The van der Waals surface area contributed by atoms with Gasteiger partial charge in [0.15, 0.2) is 0 Å². The normalized spacial score (nSPS) is 9.45. The fourth-order valence-corrected chi connectivity index (χ4v) is 1.58. The third kappa shape index (κ3) is 3.11. The Kier molecular flexibility index (Phi) is 3.01. The molecule has 0 aliphatic rings. The molecule has 0 atom stereocenters. The Hall–Kier alpha value is -0.931. The summed E-state index contributed by atoms with van der Waals surface area (Å²) in [4.78, 5) is 17.9. The summed E-state index contributed by atoms with van der Waals surface area (Å²) in [6.07, 6.45) is 3.23. The van der Waals surface area contributed by atoms with Gasteiger partial charge < -0.3 is 0 Å². The van der Waals surface area contributed by atoms with E-state index in [0.29, 0.717) is 4.72 Å². The first-order valence-corrected chi connectivity index (χ1v) is 4.97. The van der Waals surface area contributed by atoms with E-state index >= 15 is 0 Å². The summed E-state index contributed by atoms with van der Waals surface area (Å²) >= 11 is -0.132. The molecule has 0 bridgehead atoms. The number of aliphatic carboxylic acids is 1. The molecule has 1 rings (SSSR count). The Morgan fingerprint density at radius 3 is 2.73 bits per heavy atom. The number of nitrogens with zero attached hydrogens (tertiary/aromatic N) is 2. The Balaban J connectivity index is 2.45. The van der Waals surface area contributed by atoms with Gasteiger partial charge in [-0.05, 0) is 0 Å². The third-order valence-corrected chi connectivity index (χ3v) is 2.67. The summed E-state index contributed by atoms with van der Waals surface area (Å²) in [5.41, 5.74) is 0. The zero-order valence-electron chi connectivity index (χ0n) is 5.60. The van der Waals surface area contributed by atoms with Crippen molar-refractivity contribution in [1.82, 2.24) is 9.97 Å². The quantitative estimate of drug-likeness (QED) is 0.680. The number of hydrogen-bond donors (Lipinski definition) is 1. The molecule has 4 nitrogen and oxygen atoms in total. The molecule has 0 radical (unpaired) electrons. The van der Waals surface area contributed by atoms with Gasteiger partial charge in [-0.25, -0.2) is 0 Å². The van der Waals surface area contributed by atoms with Gasteiger partial charge in [0, 0.05) is 0 Å². The van der Waals surface area contributed by atoms with E-state index in [0.717, 1.165) is 0 Å². The van der Waals surface area contributed by atoms with Crippen LogP contribution in [-0.2, 0) is 4.79 Å². The van der Waals surface area contributed by atoms with Gasteiger partial charge >= 0.3 is 69.3 Å². The molecule has 0 unspecified atom stereocenters. The first kappa shape index (κ1) is 8.17. The summed E-state index contributed by atoms with van der Waals surface area (Å²) < 4.78 is 0.641. The van der Waals surface area contributed by atoms with Gasteiger partial charge in [-0.3, -0.25) is 0 Å². The van der Waals surface area contributed by atoms with Crippen LogP contribution in [0, 0.1) is 0 Å². The molecule has 0 aliphatic heterocycles. The second-order valence-electron chi connectivity index (χ2n) is 1.71. The molecule has 1 aromatic rings. The zero-order chi connectivity index (χ0) is 8.10. The van der Waals surface area contributed by atoms with Crippen molar-refractivity contribution in [2.45, 2.75) is 5.32 Å². The molecule has 0 amide bonds. The maximum absolute atomic E-state index is 10.1. The zero-order valence-corrected chi connectivity index (χ0v) is 7.31. The van der Waals surface area contributed by atoms with Gasteiger partial charge in [0.25, 0.3) is 0 Å². The van der Waals surface area contributed by atoms with Crippen molar-refractivity contribution in [2.75, 3.05) is 0 Å². The van der Waals surface area contributed by atoms with Crippen LogP contribution in [0.1, 0.15) is 0 Å². The van der Waals surface area contributed by atoms with Crippen LogP contribution in [-0.4, -0.2) is 36.0 Å². The number of rotatable bonds is 3. The second kappa shape index (κ2) is 4.05. The van der Waals surface area contributed by atoms with E-state index in [1.807, 2.05) is 0 Å². The van der Waals surface area contributed by atoms with E-state index in [2.05, 4.69) is 9.97 Å². The number of aromatic nitrogens is 2. The van der Waals surface area contributed by atoms with E-state index in [1.165, 1.54) is 0 Å². The molecule has 0 aromatic carbocycles. The predicted molar refractivity (Wildman–Crippen MR) is 39.9 cm³/mol. The van der Waals surface area contributed by atoms with Crippen molar-refractivity contribution in [3.8, 4) is 0 Å². The molecule has 0 aliphatic carbocycles. The molecule has 0 fully saturated rings. The van der Waals surface area contributed by atoms with Crippen LogP contribution in [0.25, 0.3) is 0 Å². The van der Waals surface area contributed by atoms with Crippen molar-refractivity contribution >= 4 is 25.6 Å². The van der Waals surface area contributed by atoms with Crippen molar-refractivity contribution in [1.29, 1.82) is 0 Å². The topological polar surface area (TPSA) is 63.1 Å². The van der Waals surface area contributed by atoms with Gasteiger partial charge in [-0.1, -0.05) is 0 Å². The maximum atomic E-state index is 10.1. The molecule has 1 heterocycles. The van der Waals surface area contributed by atoms with Gasteiger partial charge in [0.2, 0.25) is 0 Å². The molecule has 1 aromatic heterocycles. The fraction of sp³-hybridized carbons (Fsp3) is 0.167. The Bertz CT molecular complexity index is 240. The summed E-state index contributed by atoms with van der Waals surface area (Å²) in [6.45, 7) is 0. The fourth-order valence-electron chi connectivity index (χ4n) is 0.486. The Morgan fingerprint density at radius 2 is 2.18 bits per heavy atom. The monoisotopic (exact) mass is 218 g/mol. The van der Waals surface area contributed by atoms with Gasteiger partial charge in [-0.15, -0.1) is 0 Å².